The van der Waals surface area contributed by atoms with E-state index in [-0.39, 0.29) is 0 Å². The van der Waals surface area contributed by atoms with Gasteiger partial charge in [-0.05, 0) is 55.1 Å². The van der Waals surface area contributed by atoms with E-state index in [1.54, 1.807) is 0 Å². The second kappa shape index (κ2) is 7.82. The van der Waals surface area contributed by atoms with Gasteiger partial charge in [0.1, 0.15) is 5.75 Å². The van der Waals surface area contributed by atoms with Gasteiger partial charge in [-0.2, -0.15) is 0 Å². The van der Waals surface area contributed by atoms with Crippen molar-refractivity contribution in [3.63, 3.8) is 0 Å². The number of benzene rings is 3. The number of nitrogens with zero attached hydrogens (tertiary/aromatic N) is 1. The molecule has 25 heavy (non-hydrogen) atoms. The van der Waals surface area contributed by atoms with Crippen molar-refractivity contribution >= 4 is 19.2 Å². The van der Waals surface area contributed by atoms with Crippen LogP contribution >= 0.6 is 8.58 Å². The Hall–Kier alpha value is -2.15. The lowest BCUT2D eigenvalue weighted by Crippen LogP contribution is -2.18. The molecular formula is C22H24NOP. The molecule has 0 fully saturated rings. The summed E-state index contributed by atoms with van der Waals surface area (Å²) in [6, 6.07) is 22.8. The number of phenols is 1. The number of hydrogen-bond donors (Lipinski definition) is 1. The van der Waals surface area contributed by atoms with E-state index in [2.05, 4.69) is 62.3 Å². The van der Waals surface area contributed by atoms with Crippen molar-refractivity contribution in [1.29, 1.82) is 0 Å². The first-order chi connectivity index (χ1) is 12.0. The second-order valence-corrected chi connectivity index (χ2v) is 7.95. The number of hydrogen-bond acceptors (Lipinski definition) is 2. The average molecular weight is 349 g/mol. The van der Waals surface area contributed by atoms with Crippen molar-refractivity contribution < 1.29 is 5.11 Å². The van der Waals surface area contributed by atoms with Gasteiger partial charge in [-0.15, -0.1) is 0 Å². The van der Waals surface area contributed by atoms with E-state index in [9.17, 15) is 5.11 Å². The maximum Gasteiger partial charge on any atom is 0.123 e. The van der Waals surface area contributed by atoms with Crippen molar-refractivity contribution in [2.45, 2.75) is 13.5 Å². The minimum Gasteiger partial charge on any atom is -0.507 e. The molecule has 0 aromatic heterocycles. The molecule has 0 aliphatic heterocycles. The number of rotatable bonds is 5. The van der Waals surface area contributed by atoms with Crippen LogP contribution in [0.2, 0.25) is 0 Å². The summed E-state index contributed by atoms with van der Waals surface area (Å²) in [6.45, 7) is 3.03. The maximum atomic E-state index is 10.4. The Kier molecular flexibility index (Phi) is 5.53. The molecular weight excluding hydrogens is 325 g/mol. The molecule has 1 atom stereocenters. The Labute approximate surface area is 151 Å². The molecule has 0 saturated carbocycles. The number of aryl methyl sites for hydroxylation is 1. The minimum atomic E-state index is 0.370. The van der Waals surface area contributed by atoms with Gasteiger partial charge in [0.15, 0.2) is 0 Å². The first-order valence-electron chi connectivity index (χ1n) is 8.42. The maximum absolute atomic E-state index is 10.4. The topological polar surface area (TPSA) is 23.5 Å². The molecule has 0 aliphatic carbocycles. The quantitative estimate of drug-likeness (QED) is 0.702. The third-order valence-electron chi connectivity index (χ3n) is 4.12. The van der Waals surface area contributed by atoms with Gasteiger partial charge in [0.25, 0.3) is 0 Å². The van der Waals surface area contributed by atoms with Crippen molar-refractivity contribution in [1.82, 2.24) is 4.90 Å². The van der Waals surface area contributed by atoms with Gasteiger partial charge in [0, 0.05) is 11.8 Å². The van der Waals surface area contributed by atoms with Crippen LogP contribution in [-0.4, -0.2) is 24.1 Å². The van der Waals surface area contributed by atoms with Crippen LogP contribution in [0.15, 0.2) is 66.7 Å². The molecule has 128 valence electrons. The van der Waals surface area contributed by atoms with Crippen molar-refractivity contribution in [2.75, 3.05) is 14.1 Å². The van der Waals surface area contributed by atoms with Gasteiger partial charge < -0.3 is 10.0 Å². The van der Waals surface area contributed by atoms with Crippen LogP contribution in [0.25, 0.3) is 11.1 Å². The summed E-state index contributed by atoms with van der Waals surface area (Å²) in [5.74, 6) is 0.370. The van der Waals surface area contributed by atoms with E-state index in [1.807, 2.05) is 30.3 Å². The van der Waals surface area contributed by atoms with Crippen LogP contribution in [0, 0.1) is 6.92 Å². The Morgan fingerprint density at radius 3 is 2.32 bits per heavy atom. The molecule has 1 N–H and O–H groups in total. The normalized spacial score (nSPS) is 11.5. The summed E-state index contributed by atoms with van der Waals surface area (Å²) in [6.07, 6.45) is 0. The highest BCUT2D eigenvalue weighted by Gasteiger charge is 2.10. The molecule has 3 aromatic rings. The van der Waals surface area contributed by atoms with Crippen LogP contribution in [-0.2, 0) is 6.54 Å². The average Bonchev–Trinajstić information content (AvgIpc) is 2.59. The summed E-state index contributed by atoms with van der Waals surface area (Å²) in [5, 5.41) is 12.6. The minimum absolute atomic E-state index is 0.370. The van der Waals surface area contributed by atoms with Gasteiger partial charge in [-0.25, -0.2) is 0 Å². The van der Waals surface area contributed by atoms with E-state index in [0.29, 0.717) is 14.3 Å². The zero-order valence-corrected chi connectivity index (χ0v) is 16.0. The van der Waals surface area contributed by atoms with Crippen molar-refractivity contribution in [3.8, 4) is 16.9 Å². The van der Waals surface area contributed by atoms with Crippen LogP contribution in [0.5, 0.6) is 5.75 Å². The monoisotopic (exact) mass is 349 g/mol. The van der Waals surface area contributed by atoms with E-state index in [1.165, 1.54) is 22.0 Å². The fraction of sp³-hybridized carbons (Fsp3) is 0.182. The highest BCUT2D eigenvalue weighted by atomic mass is 31.1. The van der Waals surface area contributed by atoms with Gasteiger partial charge >= 0.3 is 0 Å². The van der Waals surface area contributed by atoms with E-state index < -0.39 is 0 Å². The molecule has 3 aromatic carbocycles. The third kappa shape index (κ3) is 4.48. The van der Waals surface area contributed by atoms with E-state index in [0.717, 1.165) is 17.4 Å². The molecule has 1 unspecified atom stereocenters. The van der Waals surface area contributed by atoms with Crippen LogP contribution in [0.1, 0.15) is 11.1 Å². The lowest BCUT2D eigenvalue weighted by Gasteiger charge is -2.16. The predicted molar refractivity (Wildman–Crippen MR) is 110 cm³/mol. The van der Waals surface area contributed by atoms with Crippen molar-refractivity contribution in [3.05, 3.63) is 77.9 Å². The Bertz CT molecular complexity index is 859. The molecule has 0 bridgehead atoms. The van der Waals surface area contributed by atoms with Gasteiger partial charge in [0.2, 0.25) is 0 Å². The zero-order chi connectivity index (χ0) is 17.8. The lowest BCUT2D eigenvalue weighted by molar-refractivity contribution is 0.403. The molecule has 0 spiro atoms. The van der Waals surface area contributed by atoms with E-state index >= 15 is 0 Å². The third-order valence-corrected chi connectivity index (χ3v) is 5.55. The Balaban J connectivity index is 1.96. The predicted octanol–water partition coefficient (Wildman–Crippen LogP) is 4.06. The fourth-order valence-electron chi connectivity index (χ4n) is 2.91. The summed E-state index contributed by atoms with van der Waals surface area (Å²) in [4.78, 5) is 2.18. The summed E-state index contributed by atoms with van der Waals surface area (Å²) in [5.41, 5.74) is 4.91. The Morgan fingerprint density at radius 1 is 0.840 bits per heavy atom. The van der Waals surface area contributed by atoms with Crippen LogP contribution in [0.4, 0.5) is 0 Å². The van der Waals surface area contributed by atoms with Crippen LogP contribution < -0.4 is 10.6 Å². The lowest BCUT2D eigenvalue weighted by atomic mass is 10.1. The van der Waals surface area contributed by atoms with Crippen molar-refractivity contribution in [2.24, 2.45) is 0 Å². The molecule has 2 nitrogen and oxygen atoms in total. The summed E-state index contributed by atoms with van der Waals surface area (Å²) < 4.78 is 0. The van der Waals surface area contributed by atoms with E-state index in [4.69, 9.17) is 0 Å². The highest BCUT2D eigenvalue weighted by molar-refractivity contribution is 7.55. The standard InChI is InChI=1S/C22H24NOP/c1-16-9-12-21(19(13-16)15-23(2)3)25-22-14-18(10-11-20(22)24)17-7-5-4-6-8-17/h4-14,24-25H,15H2,1-3H3. The molecule has 0 radical (unpaired) electrons. The van der Waals surface area contributed by atoms with Crippen LogP contribution in [0.3, 0.4) is 0 Å². The molecule has 0 saturated heterocycles. The molecule has 0 amide bonds. The molecule has 0 heterocycles. The largest absolute Gasteiger partial charge is 0.507 e. The second-order valence-electron chi connectivity index (χ2n) is 6.62. The highest BCUT2D eigenvalue weighted by Crippen LogP contribution is 2.26. The first kappa shape index (κ1) is 17.7. The summed E-state index contributed by atoms with van der Waals surface area (Å²) in [7, 11) is 4.61. The van der Waals surface area contributed by atoms with Gasteiger partial charge in [0.05, 0.1) is 0 Å². The molecule has 0 aliphatic rings. The first-order valence-corrected chi connectivity index (χ1v) is 9.42. The SMILES string of the molecule is Cc1ccc(Pc2cc(-c3ccccc3)ccc2O)c(CN(C)C)c1. The Morgan fingerprint density at radius 2 is 1.60 bits per heavy atom. The van der Waals surface area contributed by atoms with Gasteiger partial charge in [-0.3, -0.25) is 0 Å². The summed E-state index contributed by atoms with van der Waals surface area (Å²) >= 11 is 0. The number of aromatic hydroxyl groups is 1. The smallest absolute Gasteiger partial charge is 0.123 e. The zero-order valence-electron chi connectivity index (χ0n) is 15.0. The van der Waals surface area contributed by atoms with Gasteiger partial charge in [-0.1, -0.05) is 68.7 Å². The fourth-order valence-corrected chi connectivity index (χ4v) is 4.12. The molecule has 3 rings (SSSR count). The molecule has 3 heteroatoms. The number of phenolic OH excluding ortho intramolecular Hbond substituents is 1.